The molecule has 0 N–H and O–H groups in total. The maximum Gasteiger partial charge on any atom is 0.432 e. The number of ether oxygens (including phenoxy) is 3. The molecule has 1 saturated carbocycles. The van der Waals surface area contributed by atoms with E-state index in [9.17, 15) is 30.7 Å². The Morgan fingerprint density at radius 1 is 0.771 bits per heavy atom. The summed E-state index contributed by atoms with van der Waals surface area (Å²) in [5.74, 6) is -8.71. The van der Waals surface area contributed by atoms with Gasteiger partial charge >= 0.3 is 6.11 Å². The molecule has 1 aliphatic carbocycles. The Balaban J connectivity index is 0.00000342. The van der Waals surface area contributed by atoms with Crippen molar-refractivity contribution in [1.82, 2.24) is 0 Å². The minimum absolute atomic E-state index is 0. The lowest BCUT2D eigenvalue weighted by molar-refractivity contribution is -0.215. The highest BCUT2D eigenvalue weighted by atomic mass is 19.3. The fourth-order valence-electron chi connectivity index (χ4n) is 4.54. The molecular formula is C25H27F7O3. The lowest BCUT2D eigenvalue weighted by Gasteiger charge is -2.37. The van der Waals surface area contributed by atoms with E-state index in [-0.39, 0.29) is 31.0 Å². The predicted molar refractivity (Wildman–Crippen MR) is 113 cm³/mol. The highest BCUT2D eigenvalue weighted by Gasteiger charge is 2.42. The van der Waals surface area contributed by atoms with Crippen LogP contribution >= 0.6 is 0 Å². The molecular weight excluding hydrogens is 481 g/mol. The summed E-state index contributed by atoms with van der Waals surface area (Å²) < 4.78 is 113. The third-order valence-electron chi connectivity index (χ3n) is 6.48. The van der Waals surface area contributed by atoms with Crippen LogP contribution in [0.4, 0.5) is 30.7 Å². The van der Waals surface area contributed by atoms with Gasteiger partial charge in [-0.1, -0.05) is 27.2 Å². The van der Waals surface area contributed by atoms with E-state index in [0.29, 0.717) is 37.2 Å². The molecule has 0 amide bonds. The molecule has 194 valence electrons. The zero-order valence-corrected chi connectivity index (χ0v) is 18.2. The summed E-state index contributed by atoms with van der Waals surface area (Å²) in [6.07, 6.45) is -1.44. The van der Waals surface area contributed by atoms with Crippen molar-refractivity contribution in [3.05, 3.63) is 64.5 Å². The van der Waals surface area contributed by atoms with Crippen molar-refractivity contribution >= 4 is 0 Å². The molecule has 0 bridgehead atoms. The highest BCUT2D eigenvalue weighted by molar-refractivity contribution is 5.32. The van der Waals surface area contributed by atoms with Crippen LogP contribution in [0.3, 0.4) is 0 Å². The Labute approximate surface area is 199 Å². The zero-order valence-electron chi connectivity index (χ0n) is 18.2. The van der Waals surface area contributed by atoms with Crippen molar-refractivity contribution in [1.29, 1.82) is 0 Å². The van der Waals surface area contributed by atoms with Gasteiger partial charge in [-0.2, -0.15) is 8.78 Å². The third-order valence-corrected chi connectivity index (χ3v) is 6.48. The summed E-state index contributed by atoms with van der Waals surface area (Å²) in [5.41, 5.74) is -1.91. The molecule has 0 aromatic heterocycles. The van der Waals surface area contributed by atoms with Gasteiger partial charge < -0.3 is 14.2 Å². The van der Waals surface area contributed by atoms with Gasteiger partial charge in [-0.15, -0.1) is 0 Å². The van der Waals surface area contributed by atoms with Crippen molar-refractivity contribution < 1.29 is 44.9 Å². The Morgan fingerprint density at radius 2 is 1.29 bits per heavy atom. The van der Waals surface area contributed by atoms with E-state index in [4.69, 9.17) is 9.47 Å². The van der Waals surface area contributed by atoms with Crippen LogP contribution in [0.15, 0.2) is 24.3 Å². The van der Waals surface area contributed by atoms with Crippen LogP contribution in [-0.2, 0) is 15.6 Å². The van der Waals surface area contributed by atoms with Crippen molar-refractivity contribution in [2.75, 3.05) is 13.2 Å². The van der Waals surface area contributed by atoms with Gasteiger partial charge in [0, 0.05) is 23.6 Å². The molecule has 0 spiro atoms. The van der Waals surface area contributed by atoms with Crippen molar-refractivity contribution in [3.8, 4) is 5.75 Å². The van der Waals surface area contributed by atoms with Gasteiger partial charge in [0.2, 0.25) is 0 Å². The van der Waals surface area contributed by atoms with Gasteiger partial charge in [-0.3, -0.25) is 0 Å². The lowest BCUT2D eigenvalue weighted by atomic mass is 9.76. The van der Waals surface area contributed by atoms with E-state index >= 15 is 0 Å². The quantitative estimate of drug-likeness (QED) is 0.307. The largest absolute Gasteiger partial charge is 0.432 e. The number of halogens is 7. The number of benzene rings is 2. The molecule has 1 aliphatic heterocycles. The van der Waals surface area contributed by atoms with Crippen molar-refractivity contribution in [3.63, 3.8) is 0 Å². The number of hydrogen-bond donors (Lipinski definition) is 0. The highest BCUT2D eigenvalue weighted by Crippen LogP contribution is 2.40. The van der Waals surface area contributed by atoms with E-state index in [0.717, 1.165) is 25.7 Å². The van der Waals surface area contributed by atoms with Crippen molar-refractivity contribution in [2.24, 2.45) is 17.8 Å². The lowest BCUT2D eigenvalue weighted by Crippen LogP contribution is -2.34. The summed E-state index contributed by atoms with van der Waals surface area (Å²) in [4.78, 5) is 0. The van der Waals surface area contributed by atoms with E-state index in [1.807, 2.05) is 0 Å². The molecule has 1 heterocycles. The fraction of sp³-hybridized carbons (Fsp3) is 0.520. The molecule has 35 heavy (non-hydrogen) atoms. The van der Waals surface area contributed by atoms with Crippen LogP contribution in [0, 0.1) is 46.8 Å². The van der Waals surface area contributed by atoms with Gasteiger partial charge in [-0.25, -0.2) is 22.0 Å². The Kier molecular flexibility index (Phi) is 8.36. The van der Waals surface area contributed by atoms with Gasteiger partial charge in [0.25, 0.3) is 0 Å². The average Bonchev–Trinajstić information content (AvgIpc) is 2.77. The number of rotatable bonds is 5. The number of hydrogen-bond acceptors (Lipinski definition) is 3. The standard InChI is InChI=1S/C24H23F7O3.CH4/c1-12-2-4-13(5-3-12)15-10-32-23(33-11-15)14-6-17(25)21(18(26)7-14)24(30,31)34-16-8-19(27)22(29)20(28)9-16;/h6-9,12-13,15,23H,2-5,10-11H2,1H3;1H4. The van der Waals surface area contributed by atoms with Crippen LogP contribution < -0.4 is 4.74 Å². The van der Waals surface area contributed by atoms with Gasteiger partial charge in [0.05, 0.1) is 13.2 Å². The predicted octanol–water partition coefficient (Wildman–Crippen LogP) is 7.63. The Hall–Kier alpha value is -2.33. The Bertz CT molecular complexity index is 984. The van der Waals surface area contributed by atoms with Crippen LogP contribution in [-0.4, -0.2) is 13.2 Å². The monoisotopic (exact) mass is 508 g/mol. The van der Waals surface area contributed by atoms with Crippen LogP contribution in [0.2, 0.25) is 0 Å². The molecule has 0 unspecified atom stereocenters. The summed E-state index contributed by atoms with van der Waals surface area (Å²) in [5, 5.41) is 0. The first-order valence-electron chi connectivity index (χ1n) is 11.0. The van der Waals surface area contributed by atoms with Gasteiger partial charge in [-0.05, 0) is 36.8 Å². The minimum Gasteiger partial charge on any atom is -0.429 e. The zero-order chi connectivity index (χ0) is 24.6. The molecule has 2 aliphatic rings. The van der Waals surface area contributed by atoms with Crippen LogP contribution in [0.1, 0.15) is 57.5 Å². The first kappa shape index (κ1) is 27.3. The Morgan fingerprint density at radius 3 is 1.80 bits per heavy atom. The van der Waals surface area contributed by atoms with E-state index in [1.54, 1.807) is 0 Å². The molecule has 2 aromatic rings. The fourth-order valence-corrected chi connectivity index (χ4v) is 4.54. The second-order valence-electron chi connectivity index (χ2n) is 8.96. The second kappa shape index (κ2) is 10.7. The van der Waals surface area contributed by atoms with Crippen molar-refractivity contribution in [2.45, 2.75) is 52.4 Å². The molecule has 3 nitrogen and oxygen atoms in total. The summed E-state index contributed by atoms with van der Waals surface area (Å²) >= 11 is 0. The maximum absolute atomic E-state index is 14.6. The summed E-state index contributed by atoms with van der Waals surface area (Å²) in [6, 6.07) is 1.55. The SMILES string of the molecule is C.CC1CCC(C2COC(c3cc(F)c(C(F)(F)Oc4cc(F)c(F)c(F)c4)c(F)c3)OC2)CC1. The van der Waals surface area contributed by atoms with Gasteiger partial charge in [0.15, 0.2) is 23.7 Å². The molecule has 0 atom stereocenters. The molecule has 1 saturated heterocycles. The average molecular weight is 508 g/mol. The second-order valence-corrected chi connectivity index (χ2v) is 8.96. The van der Waals surface area contributed by atoms with Crippen LogP contribution in [0.25, 0.3) is 0 Å². The normalized spacial score (nSPS) is 25.1. The van der Waals surface area contributed by atoms with E-state index in [2.05, 4.69) is 11.7 Å². The smallest absolute Gasteiger partial charge is 0.429 e. The topological polar surface area (TPSA) is 27.7 Å². The number of alkyl halides is 2. The molecule has 10 heteroatoms. The molecule has 4 rings (SSSR count). The maximum atomic E-state index is 14.6. The third kappa shape index (κ3) is 5.91. The summed E-state index contributed by atoms with van der Waals surface area (Å²) in [7, 11) is 0. The molecule has 0 radical (unpaired) electrons. The minimum atomic E-state index is -4.65. The van der Waals surface area contributed by atoms with E-state index < -0.39 is 52.8 Å². The summed E-state index contributed by atoms with van der Waals surface area (Å²) in [6.45, 7) is 2.84. The van der Waals surface area contributed by atoms with Gasteiger partial charge in [0.1, 0.15) is 22.9 Å². The first-order valence-corrected chi connectivity index (χ1v) is 11.0. The molecule has 2 fully saturated rings. The van der Waals surface area contributed by atoms with E-state index in [1.165, 1.54) is 0 Å². The molecule has 2 aromatic carbocycles. The first-order chi connectivity index (χ1) is 16.0. The van der Waals surface area contributed by atoms with Crippen LogP contribution in [0.5, 0.6) is 5.75 Å².